The fourth-order valence-electron chi connectivity index (χ4n) is 1.91. The van der Waals surface area contributed by atoms with Crippen molar-refractivity contribution in [2.75, 3.05) is 18.5 Å². The zero-order chi connectivity index (χ0) is 15.8. The summed E-state index contributed by atoms with van der Waals surface area (Å²) < 4.78 is 5.30. The van der Waals surface area contributed by atoms with E-state index in [1.807, 2.05) is 30.3 Å². The fourth-order valence-corrected chi connectivity index (χ4v) is 1.91. The second kappa shape index (κ2) is 8.17. The number of ether oxygens (including phenoxy) is 1. The largest absolute Gasteiger partial charge is 0.457 e. The highest BCUT2D eigenvalue weighted by atomic mass is 16.5. The Labute approximate surface area is 129 Å². The Balaban J connectivity index is 1.99. The maximum Gasteiger partial charge on any atom is 0.340 e. The van der Waals surface area contributed by atoms with Crippen LogP contribution in [0.5, 0.6) is 0 Å². The first-order valence-corrected chi connectivity index (χ1v) is 7.03. The molecule has 0 fully saturated rings. The summed E-state index contributed by atoms with van der Waals surface area (Å²) in [6.07, 6.45) is -0.881. The SMILES string of the molecule is O=C(OCc1ccccc1)c1ccccc1NCC(O)CO. The Morgan fingerprint density at radius 2 is 1.77 bits per heavy atom. The first-order chi connectivity index (χ1) is 10.7. The third-order valence-electron chi connectivity index (χ3n) is 3.10. The third kappa shape index (κ3) is 4.58. The molecule has 0 aliphatic heterocycles. The van der Waals surface area contributed by atoms with Gasteiger partial charge in [-0.25, -0.2) is 4.79 Å². The van der Waals surface area contributed by atoms with Crippen molar-refractivity contribution in [1.29, 1.82) is 0 Å². The van der Waals surface area contributed by atoms with E-state index in [0.717, 1.165) is 5.56 Å². The summed E-state index contributed by atoms with van der Waals surface area (Å²) in [5, 5.41) is 21.1. The molecular formula is C17H19NO4. The van der Waals surface area contributed by atoms with E-state index in [1.54, 1.807) is 24.3 Å². The van der Waals surface area contributed by atoms with Crippen molar-refractivity contribution in [2.24, 2.45) is 0 Å². The van der Waals surface area contributed by atoms with Crippen molar-refractivity contribution in [3.8, 4) is 0 Å². The van der Waals surface area contributed by atoms with E-state index in [0.29, 0.717) is 11.3 Å². The Morgan fingerprint density at radius 3 is 2.50 bits per heavy atom. The molecular weight excluding hydrogens is 282 g/mol. The van der Waals surface area contributed by atoms with Crippen LogP contribution in [0.1, 0.15) is 15.9 Å². The lowest BCUT2D eigenvalue weighted by atomic mass is 10.1. The quantitative estimate of drug-likeness (QED) is 0.680. The number of carbonyl (C=O) groups is 1. The summed E-state index contributed by atoms with van der Waals surface area (Å²) in [6, 6.07) is 16.3. The van der Waals surface area contributed by atoms with Gasteiger partial charge in [0.2, 0.25) is 0 Å². The molecule has 2 aromatic carbocycles. The van der Waals surface area contributed by atoms with E-state index in [1.165, 1.54) is 0 Å². The van der Waals surface area contributed by atoms with E-state index in [2.05, 4.69) is 5.32 Å². The smallest absolute Gasteiger partial charge is 0.340 e. The van der Waals surface area contributed by atoms with Crippen LogP contribution in [0.4, 0.5) is 5.69 Å². The van der Waals surface area contributed by atoms with Crippen LogP contribution in [0.25, 0.3) is 0 Å². The van der Waals surface area contributed by atoms with Crippen molar-refractivity contribution in [1.82, 2.24) is 0 Å². The van der Waals surface area contributed by atoms with Gasteiger partial charge in [-0.3, -0.25) is 0 Å². The maximum atomic E-state index is 12.2. The first kappa shape index (κ1) is 16.0. The van der Waals surface area contributed by atoms with E-state index in [4.69, 9.17) is 9.84 Å². The van der Waals surface area contributed by atoms with Crippen LogP contribution in [0.15, 0.2) is 54.6 Å². The molecule has 0 saturated carbocycles. The number of rotatable bonds is 7. The van der Waals surface area contributed by atoms with Gasteiger partial charge in [0, 0.05) is 12.2 Å². The molecule has 1 unspecified atom stereocenters. The van der Waals surface area contributed by atoms with Gasteiger partial charge in [-0.2, -0.15) is 0 Å². The first-order valence-electron chi connectivity index (χ1n) is 7.03. The van der Waals surface area contributed by atoms with Gasteiger partial charge in [0.15, 0.2) is 0 Å². The molecule has 5 heteroatoms. The number of esters is 1. The second-order valence-electron chi connectivity index (χ2n) is 4.82. The van der Waals surface area contributed by atoms with E-state index in [9.17, 15) is 9.90 Å². The van der Waals surface area contributed by atoms with Crippen molar-refractivity contribution in [2.45, 2.75) is 12.7 Å². The number of benzene rings is 2. The molecule has 0 aliphatic rings. The monoisotopic (exact) mass is 301 g/mol. The minimum Gasteiger partial charge on any atom is -0.457 e. The number of nitrogens with one attached hydrogen (secondary N) is 1. The van der Waals surface area contributed by atoms with Gasteiger partial charge in [-0.1, -0.05) is 42.5 Å². The predicted molar refractivity (Wildman–Crippen MR) is 83.6 cm³/mol. The fraction of sp³-hybridized carbons (Fsp3) is 0.235. The predicted octanol–water partition coefficient (Wildman–Crippen LogP) is 1.81. The molecule has 0 spiro atoms. The van der Waals surface area contributed by atoms with Crippen molar-refractivity contribution >= 4 is 11.7 Å². The number of carbonyl (C=O) groups excluding carboxylic acids is 1. The lowest BCUT2D eigenvalue weighted by Gasteiger charge is -2.13. The molecule has 22 heavy (non-hydrogen) atoms. The molecule has 0 heterocycles. The lowest BCUT2D eigenvalue weighted by Crippen LogP contribution is -2.24. The average molecular weight is 301 g/mol. The van der Waals surface area contributed by atoms with Crippen LogP contribution in [-0.2, 0) is 11.3 Å². The normalized spacial score (nSPS) is 11.7. The molecule has 5 nitrogen and oxygen atoms in total. The molecule has 0 aliphatic carbocycles. The van der Waals surface area contributed by atoms with Gasteiger partial charge in [-0.15, -0.1) is 0 Å². The van der Waals surface area contributed by atoms with Gasteiger partial charge in [0.25, 0.3) is 0 Å². The Bertz CT molecular complexity index is 601. The minimum absolute atomic E-state index is 0.152. The Hall–Kier alpha value is -2.37. The average Bonchev–Trinajstić information content (AvgIpc) is 2.58. The summed E-state index contributed by atoms with van der Waals surface area (Å²) in [4.78, 5) is 12.2. The third-order valence-corrected chi connectivity index (χ3v) is 3.10. The van der Waals surface area contributed by atoms with Crippen LogP contribution in [0, 0.1) is 0 Å². The Kier molecular flexibility index (Phi) is 5.94. The van der Waals surface area contributed by atoms with Crippen LogP contribution in [-0.4, -0.2) is 35.4 Å². The minimum atomic E-state index is -0.881. The highest BCUT2D eigenvalue weighted by molar-refractivity contribution is 5.95. The summed E-state index contributed by atoms with van der Waals surface area (Å²) in [6.45, 7) is 0.0143. The zero-order valence-electron chi connectivity index (χ0n) is 12.1. The number of hydrogen-bond acceptors (Lipinski definition) is 5. The number of aliphatic hydroxyl groups excluding tert-OH is 2. The lowest BCUT2D eigenvalue weighted by molar-refractivity contribution is 0.0473. The van der Waals surface area contributed by atoms with Crippen LogP contribution < -0.4 is 5.32 Å². The van der Waals surface area contributed by atoms with Gasteiger partial charge in [0.05, 0.1) is 18.3 Å². The van der Waals surface area contributed by atoms with Gasteiger partial charge >= 0.3 is 5.97 Å². The number of anilines is 1. The van der Waals surface area contributed by atoms with Crippen LogP contribution >= 0.6 is 0 Å². The van der Waals surface area contributed by atoms with Crippen molar-refractivity contribution in [3.05, 3.63) is 65.7 Å². The highest BCUT2D eigenvalue weighted by Gasteiger charge is 2.13. The standard InChI is InChI=1S/C17H19NO4/c19-11-14(20)10-18-16-9-5-4-8-15(16)17(21)22-12-13-6-2-1-3-7-13/h1-9,14,18-20H,10-12H2. The van der Waals surface area contributed by atoms with Crippen molar-refractivity contribution in [3.63, 3.8) is 0 Å². The molecule has 116 valence electrons. The highest BCUT2D eigenvalue weighted by Crippen LogP contribution is 2.17. The molecule has 0 saturated heterocycles. The molecule has 0 radical (unpaired) electrons. The Morgan fingerprint density at radius 1 is 1.09 bits per heavy atom. The summed E-state index contributed by atoms with van der Waals surface area (Å²) in [7, 11) is 0. The number of para-hydroxylation sites is 1. The van der Waals surface area contributed by atoms with E-state index in [-0.39, 0.29) is 19.8 Å². The topological polar surface area (TPSA) is 78.8 Å². The maximum absolute atomic E-state index is 12.2. The number of aliphatic hydroxyl groups is 2. The molecule has 3 N–H and O–H groups in total. The second-order valence-corrected chi connectivity index (χ2v) is 4.82. The molecule has 1 atom stereocenters. The number of hydrogen-bond donors (Lipinski definition) is 3. The van der Waals surface area contributed by atoms with Gasteiger partial charge in [-0.05, 0) is 17.7 Å². The zero-order valence-corrected chi connectivity index (χ0v) is 12.1. The molecule has 0 amide bonds. The van der Waals surface area contributed by atoms with E-state index < -0.39 is 12.1 Å². The molecule has 0 aromatic heterocycles. The van der Waals surface area contributed by atoms with Crippen LogP contribution in [0.3, 0.4) is 0 Å². The van der Waals surface area contributed by atoms with Gasteiger partial charge < -0.3 is 20.3 Å². The van der Waals surface area contributed by atoms with E-state index >= 15 is 0 Å². The summed E-state index contributed by atoms with van der Waals surface area (Å²) in [5.41, 5.74) is 1.87. The summed E-state index contributed by atoms with van der Waals surface area (Å²) in [5.74, 6) is -0.439. The molecule has 0 bridgehead atoms. The van der Waals surface area contributed by atoms with Gasteiger partial charge in [0.1, 0.15) is 6.61 Å². The summed E-state index contributed by atoms with van der Waals surface area (Å²) >= 11 is 0. The van der Waals surface area contributed by atoms with Crippen molar-refractivity contribution < 1.29 is 19.7 Å². The molecule has 2 rings (SSSR count). The van der Waals surface area contributed by atoms with Crippen LogP contribution in [0.2, 0.25) is 0 Å². The molecule has 2 aromatic rings.